The van der Waals surface area contributed by atoms with Crippen LogP contribution in [0.2, 0.25) is 0 Å². The third kappa shape index (κ3) is 6.33. The summed E-state index contributed by atoms with van der Waals surface area (Å²) in [5.74, 6) is 2.18. The predicted molar refractivity (Wildman–Crippen MR) is 159 cm³/mol. The molecule has 0 atom stereocenters. The zero-order valence-corrected chi connectivity index (χ0v) is 22.7. The highest BCUT2D eigenvalue weighted by molar-refractivity contribution is 6.01. The molecule has 0 radical (unpaired) electrons. The van der Waals surface area contributed by atoms with Crippen molar-refractivity contribution in [2.45, 2.75) is 26.6 Å². The largest absolute Gasteiger partial charge is 0.489 e. The number of hydrogen-bond acceptors (Lipinski definition) is 5. The van der Waals surface area contributed by atoms with Gasteiger partial charge in [-0.2, -0.15) is 0 Å². The second-order valence-electron chi connectivity index (χ2n) is 9.74. The monoisotopic (exact) mass is 531 g/mol. The van der Waals surface area contributed by atoms with Crippen LogP contribution in [0.4, 0.5) is 5.69 Å². The van der Waals surface area contributed by atoms with Crippen molar-refractivity contribution in [2.75, 3.05) is 26.2 Å². The molecule has 40 heavy (non-hydrogen) atoms. The van der Waals surface area contributed by atoms with E-state index in [-0.39, 0.29) is 6.61 Å². The fraction of sp³-hybridized carbons (Fsp3) is 0.235. The van der Waals surface area contributed by atoms with Gasteiger partial charge in [0.2, 0.25) is 0 Å². The van der Waals surface area contributed by atoms with Gasteiger partial charge in [0.05, 0.1) is 18.7 Å². The van der Waals surface area contributed by atoms with Crippen molar-refractivity contribution < 1.29 is 14.6 Å². The van der Waals surface area contributed by atoms with Crippen LogP contribution in [0.5, 0.6) is 11.5 Å². The summed E-state index contributed by atoms with van der Waals surface area (Å²) >= 11 is 0. The molecule has 4 aromatic carbocycles. The van der Waals surface area contributed by atoms with Crippen molar-refractivity contribution in [3.8, 4) is 22.6 Å². The molecule has 0 saturated carbocycles. The summed E-state index contributed by atoms with van der Waals surface area (Å²) in [5, 5.41) is 9.62. The van der Waals surface area contributed by atoms with Crippen LogP contribution in [0, 0.1) is 13.5 Å². The topological polar surface area (TPSA) is 58.7 Å². The summed E-state index contributed by atoms with van der Waals surface area (Å²) in [6.45, 7) is 12.3. The SMILES string of the molecule is [C-]#[N+]c1cccc(COc2cc(OCc3cccc(-c4ccccc4)c3C)ccc2C2=NCCCN2CCO)c1. The lowest BCUT2D eigenvalue weighted by atomic mass is 9.97. The molecule has 0 aromatic heterocycles. The average Bonchev–Trinajstić information content (AvgIpc) is 3.00. The lowest BCUT2D eigenvalue weighted by molar-refractivity contribution is 0.244. The lowest BCUT2D eigenvalue weighted by Crippen LogP contribution is -2.38. The number of hydrogen-bond donors (Lipinski definition) is 1. The summed E-state index contributed by atoms with van der Waals surface area (Å²) in [6.07, 6.45) is 0.950. The highest BCUT2D eigenvalue weighted by Gasteiger charge is 2.21. The number of aliphatic imine (C=N–C) groups is 1. The van der Waals surface area contributed by atoms with Crippen molar-refractivity contribution in [2.24, 2.45) is 4.99 Å². The van der Waals surface area contributed by atoms with Crippen LogP contribution in [0.3, 0.4) is 0 Å². The molecule has 0 saturated heterocycles. The van der Waals surface area contributed by atoms with Crippen molar-refractivity contribution in [3.63, 3.8) is 0 Å². The number of benzene rings is 4. The van der Waals surface area contributed by atoms with E-state index in [0.717, 1.165) is 42.0 Å². The van der Waals surface area contributed by atoms with Gasteiger partial charge in [-0.05, 0) is 59.4 Å². The molecule has 6 nitrogen and oxygen atoms in total. The first-order valence-corrected chi connectivity index (χ1v) is 13.6. The van der Waals surface area contributed by atoms with Crippen LogP contribution in [0.25, 0.3) is 16.0 Å². The Balaban J connectivity index is 1.41. The molecule has 1 aliphatic heterocycles. The van der Waals surface area contributed by atoms with Crippen LogP contribution < -0.4 is 9.47 Å². The van der Waals surface area contributed by atoms with Crippen molar-refractivity contribution in [1.82, 2.24) is 4.90 Å². The second kappa shape index (κ2) is 13.0. The first-order valence-electron chi connectivity index (χ1n) is 13.6. The van der Waals surface area contributed by atoms with Gasteiger partial charge in [-0.3, -0.25) is 4.99 Å². The molecule has 4 aromatic rings. The minimum atomic E-state index is 0.0568. The second-order valence-corrected chi connectivity index (χ2v) is 9.74. The van der Waals surface area contributed by atoms with Crippen molar-refractivity contribution in [3.05, 3.63) is 125 Å². The van der Waals surface area contributed by atoms with Crippen molar-refractivity contribution in [1.29, 1.82) is 0 Å². The van der Waals surface area contributed by atoms with Gasteiger partial charge >= 0.3 is 0 Å². The normalized spacial score (nSPS) is 12.9. The first-order chi connectivity index (χ1) is 19.7. The molecule has 1 N–H and O–H groups in total. The molecule has 0 spiro atoms. The zero-order valence-electron chi connectivity index (χ0n) is 22.7. The molecule has 6 heteroatoms. The molecule has 1 aliphatic rings. The van der Waals surface area contributed by atoms with E-state index >= 15 is 0 Å². The van der Waals surface area contributed by atoms with E-state index in [1.807, 2.05) is 42.5 Å². The smallest absolute Gasteiger partial charge is 0.187 e. The Morgan fingerprint density at radius 1 is 0.900 bits per heavy atom. The standard InChI is InChI=1S/C34H33N3O3/c1-25-28(12-7-14-31(25)27-10-4-3-5-11-27)24-39-30-15-16-32(34-36-17-8-18-37(34)19-20-38)33(22-30)40-23-26-9-6-13-29(21-26)35-2/h3-7,9-16,21-22,38H,8,17-20,23-24H2,1H3. The number of β-amino-alcohol motifs (C(OH)–C–C–N with tert-alkyl or cyclic N) is 1. The Kier molecular flexibility index (Phi) is 8.75. The van der Waals surface area contributed by atoms with Gasteiger partial charge < -0.3 is 19.5 Å². The fourth-order valence-electron chi connectivity index (χ4n) is 4.95. The maximum absolute atomic E-state index is 9.62. The Labute approximate surface area is 236 Å². The van der Waals surface area contributed by atoms with Gasteiger partial charge in [0.1, 0.15) is 30.5 Å². The number of nitrogens with zero attached hydrogens (tertiary/aromatic N) is 3. The number of rotatable bonds is 10. The molecule has 5 rings (SSSR count). The molecule has 1 heterocycles. The van der Waals surface area contributed by atoms with Crippen LogP contribution in [0.1, 0.15) is 28.7 Å². The number of aliphatic hydroxyl groups is 1. The minimum absolute atomic E-state index is 0.0568. The number of amidine groups is 1. The van der Waals surface area contributed by atoms with E-state index in [4.69, 9.17) is 21.0 Å². The number of ether oxygens (including phenoxy) is 2. The first kappa shape index (κ1) is 27.0. The van der Waals surface area contributed by atoms with E-state index in [1.54, 1.807) is 6.07 Å². The van der Waals surface area contributed by atoms with Crippen LogP contribution in [-0.4, -0.2) is 42.1 Å². The van der Waals surface area contributed by atoms with E-state index in [0.29, 0.717) is 36.9 Å². The Hall–Kier alpha value is -4.60. The predicted octanol–water partition coefficient (Wildman–Crippen LogP) is 6.82. The highest BCUT2D eigenvalue weighted by atomic mass is 16.5. The fourth-order valence-corrected chi connectivity index (χ4v) is 4.95. The van der Waals surface area contributed by atoms with Crippen LogP contribution in [0.15, 0.2) is 96.0 Å². The quantitative estimate of drug-likeness (QED) is 0.228. The Bertz CT molecular complexity index is 1530. The molecule has 0 amide bonds. The third-order valence-electron chi connectivity index (χ3n) is 7.07. The van der Waals surface area contributed by atoms with E-state index in [9.17, 15) is 5.11 Å². The summed E-state index contributed by atoms with van der Waals surface area (Å²) < 4.78 is 12.6. The van der Waals surface area contributed by atoms with Gasteiger partial charge in [-0.25, -0.2) is 4.85 Å². The van der Waals surface area contributed by atoms with Gasteiger partial charge in [-0.15, -0.1) is 0 Å². The lowest BCUT2D eigenvalue weighted by Gasteiger charge is -2.30. The van der Waals surface area contributed by atoms with E-state index in [2.05, 4.69) is 59.1 Å². The summed E-state index contributed by atoms with van der Waals surface area (Å²) in [6, 6.07) is 30.0. The van der Waals surface area contributed by atoms with Gasteiger partial charge in [0.25, 0.3) is 0 Å². The summed E-state index contributed by atoms with van der Waals surface area (Å²) in [4.78, 5) is 10.4. The Morgan fingerprint density at radius 3 is 2.58 bits per heavy atom. The minimum Gasteiger partial charge on any atom is -0.489 e. The maximum atomic E-state index is 9.62. The van der Waals surface area contributed by atoms with Gasteiger partial charge in [0.15, 0.2) is 5.69 Å². The third-order valence-corrected chi connectivity index (χ3v) is 7.07. The molecular formula is C34H33N3O3. The summed E-state index contributed by atoms with van der Waals surface area (Å²) in [5.41, 5.74) is 7.05. The highest BCUT2D eigenvalue weighted by Crippen LogP contribution is 2.31. The van der Waals surface area contributed by atoms with Crippen LogP contribution in [-0.2, 0) is 13.2 Å². The van der Waals surface area contributed by atoms with Gasteiger partial charge in [-0.1, -0.05) is 66.7 Å². The zero-order chi connectivity index (χ0) is 27.7. The molecule has 0 aliphatic carbocycles. The van der Waals surface area contributed by atoms with E-state index in [1.165, 1.54) is 16.7 Å². The molecular weight excluding hydrogens is 498 g/mol. The average molecular weight is 532 g/mol. The maximum Gasteiger partial charge on any atom is 0.187 e. The molecule has 0 unspecified atom stereocenters. The molecule has 202 valence electrons. The van der Waals surface area contributed by atoms with Crippen molar-refractivity contribution >= 4 is 11.5 Å². The Morgan fingerprint density at radius 2 is 1.75 bits per heavy atom. The van der Waals surface area contributed by atoms with E-state index < -0.39 is 0 Å². The van der Waals surface area contributed by atoms with Crippen LogP contribution >= 0.6 is 0 Å². The molecule has 0 bridgehead atoms. The number of aliphatic hydroxyl groups excluding tert-OH is 1. The van der Waals surface area contributed by atoms with Gasteiger partial charge in [0, 0.05) is 25.7 Å². The summed E-state index contributed by atoms with van der Waals surface area (Å²) in [7, 11) is 0. The molecule has 0 fully saturated rings.